The minimum atomic E-state index is 0.596. The molecule has 0 aliphatic heterocycles. The van der Waals surface area contributed by atoms with Crippen LogP contribution >= 0.6 is 0 Å². The third-order valence-corrected chi connectivity index (χ3v) is 4.16. The Morgan fingerprint density at radius 1 is 1.06 bits per heavy atom. The molecule has 1 rings (SSSR count). The second kappa shape index (κ2) is 6.05. The van der Waals surface area contributed by atoms with Crippen LogP contribution in [-0.4, -0.2) is 12.6 Å². The zero-order valence-electron chi connectivity index (χ0n) is 12.0. The molecule has 0 aromatic rings. The monoisotopic (exact) mass is 225 g/mol. The molecule has 0 aromatic heterocycles. The average molecular weight is 225 g/mol. The van der Waals surface area contributed by atoms with Crippen LogP contribution in [0.25, 0.3) is 0 Å². The second-order valence-electron chi connectivity index (χ2n) is 6.45. The molecule has 0 radical (unpaired) electrons. The lowest BCUT2D eigenvalue weighted by molar-refractivity contribution is 0.123. The maximum Gasteiger partial charge on any atom is 0.0146 e. The first-order chi connectivity index (χ1) is 7.52. The Bertz CT molecular complexity index is 190. The molecule has 1 aliphatic rings. The van der Waals surface area contributed by atoms with Gasteiger partial charge in [0.1, 0.15) is 0 Å². The van der Waals surface area contributed by atoms with Gasteiger partial charge in [-0.05, 0) is 43.1 Å². The molecule has 16 heavy (non-hydrogen) atoms. The molecule has 1 unspecified atom stereocenters. The van der Waals surface area contributed by atoms with Crippen LogP contribution in [0.5, 0.6) is 0 Å². The van der Waals surface area contributed by atoms with Gasteiger partial charge in [0.15, 0.2) is 0 Å². The van der Waals surface area contributed by atoms with Crippen molar-refractivity contribution in [3.8, 4) is 0 Å². The molecular formula is C15H31N. The Morgan fingerprint density at radius 2 is 1.62 bits per heavy atom. The van der Waals surface area contributed by atoms with Gasteiger partial charge in [0.05, 0.1) is 0 Å². The molecule has 1 N–H and O–H groups in total. The lowest BCUT2D eigenvalue weighted by Gasteiger charge is -2.42. The van der Waals surface area contributed by atoms with Crippen LogP contribution in [-0.2, 0) is 0 Å². The fourth-order valence-electron chi connectivity index (χ4n) is 3.91. The third kappa shape index (κ3) is 3.23. The third-order valence-electron chi connectivity index (χ3n) is 4.16. The van der Waals surface area contributed by atoms with E-state index >= 15 is 0 Å². The molecule has 1 saturated carbocycles. The van der Waals surface area contributed by atoms with E-state index in [0.29, 0.717) is 5.41 Å². The first-order valence-electron chi connectivity index (χ1n) is 7.25. The topological polar surface area (TPSA) is 12.0 Å². The van der Waals surface area contributed by atoms with Crippen LogP contribution in [0.15, 0.2) is 0 Å². The summed E-state index contributed by atoms with van der Waals surface area (Å²) in [4.78, 5) is 0. The maximum atomic E-state index is 3.77. The summed E-state index contributed by atoms with van der Waals surface area (Å²) in [6.45, 7) is 12.9. The van der Waals surface area contributed by atoms with Gasteiger partial charge in [0, 0.05) is 6.04 Å². The fourth-order valence-corrected chi connectivity index (χ4v) is 3.91. The Balaban J connectivity index is 2.79. The van der Waals surface area contributed by atoms with Crippen molar-refractivity contribution >= 4 is 0 Å². The van der Waals surface area contributed by atoms with Gasteiger partial charge in [-0.2, -0.15) is 0 Å². The second-order valence-corrected chi connectivity index (χ2v) is 6.45. The van der Waals surface area contributed by atoms with E-state index in [0.717, 1.165) is 24.4 Å². The zero-order valence-corrected chi connectivity index (χ0v) is 12.0. The van der Waals surface area contributed by atoms with Gasteiger partial charge in [-0.15, -0.1) is 0 Å². The SMILES string of the molecule is CCNC(C(C)C)C1(CC(C)C)CCCC1. The summed E-state index contributed by atoms with van der Waals surface area (Å²) in [7, 11) is 0. The van der Waals surface area contributed by atoms with Crippen LogP contribution in [0.3, 0.4) is 0 Å². The number of rotatable bonds is 6. The van der Waals surface area contributed by atoms with Crippen molar-refractivity contribution in [1.82, 2.24) is 5.32 Å². The van der Waals surface area contributed by atoms with E-state index in [2.05, 4.69) is 39.9 Å². The van der Waals surface area contributed by atoms with E-state index in [1.54, 1.807) is 0 Å². The highest BCUT2D eigenvalue weighted by Crippen LogP contribution is 2.47. The molecule has 1 heteroatoms. The molecule has 0 bridgehead atoms. The van der Waals surface area contributed by atoms with Crippen LogP contribution < -0.4 is 5.32 Å². The van der Waals surface area contributed by atoms with Crippen molar-refractivity contribution in [2.75, 3.05) is 6.54 Å². The van der Waals surface area contributed by atoms with E-state index in [4.69, 9.17) is 0 Å². The van der Waals surface area contributed by atoms with E-state index in [9.17, 15) is 0 Å². The van der Waals surface area contributed by atoms with Gasteiger partial charge >= 0.3 is 0 Å². The van der Waals surface area contributed by atoms with Crippen molar-refractivity contribution in [3.63, 3.8) is 0 Å². The van der Waals surface area contributed by atoms with E-state index in [1.807, 2.05) is 0 Å². The van der Waals surface area contributed by atoms with E-state index in [-0.39, 0.29) is 0 Å². The molecule has 1 atom stereocenters. The van der Waals surface area contributed by atoms with Gasteiger partial charge in [-0.3, -0.25) is 0 Å². The van der Waals surface area contributed by atoms with Gasteiger partial charge in [-0.25, -0.2) is 0 Å². The standard InChI is InChI=1S/C15H31N/c1-6-16-14(13(4)5)15(11-12(2)3)9-7-8-10-15/h12-14,16H,6-11H2,1-5H3. The molecular weight excluding hydrogens is 194 g/mol. The fraction of sp³-hybridized carbons (Fsp3) is 1.00. The van der Waals surface area contributed by atoms with Crippen LogP contribution in [0.2, 0.25) is 0 Å². The van der Waals surface area contributed by atoms with Crippen molar-refractivity contribution in [2.45, 2.75) is 72.8 Å². The van der Waals surface area contributed by atoms with Gasteiger partial charge in [-0.1, -0.05) is 47.5 Å². The molecule has 0 spiro atoms. The molecule has 1 fully saturated rings. The van der Waals surface area contributed by atoms with Crippen molar-refractivity contribution in [1.29, 1.82) is 0 Å². The van der Waals surface area contributed by atoms with Gasteiger partial charge in [0.2, 0.25) is 0 Å². The summed E-state index contributed by atoms with van der Waals surface area (Å²) in [5.74, 6) is 1.59. The molecule has 0 amide bonds. The molecule has 0 heterocycles. The van der Waals surface area contributed by atoms with E-state index in [1.165, 1.54) is 32.1 Å². The van der Waals surface area contributed by atoms with Crippen LogP contribution in [0, 0.1) is 17.3 Å². The molecule has 96 valence electrons. The first-order valence-corrected chi connectivity index (χ1v) is 7.25. The summed E-state index contributed by atoms with van der Waals surface area (Å²) in [6.07, 6.45) is 7.19. The summed E-state index contributed by atoms with van der Waals surface area (Å²) in [5, 5.41) is 3.77. The Morgan fingerprint density at radius 3 is 2.00 bits per heavy atom. The van der Waals surface area contributed by atoms with Crippen LogP contribution in [0.1, 0.15) is 66.7 Å². The summed E-state index contributed by atoms with van der Waals surface area (Å²) < 4.78 is 0. The van der Waals surface area contributed by atoms with Crippen LogP contribution in [0.4, 0.5) is 0 Å². The maximum absolute atomic E-state index is 3.77. The number of hydrogen-bond donors (Lipinski definition) is 1. The van der Waals surface area contributed by atoms with Gasteiger partial charge < -0.3 is 5.32 Å². The molecule has 1 nitrogen and oxygen atoms in total. The van der Waals surface area contributed by atoms with Crippen molar-refractivity contribution in [3.05, 3.63) is 0 Å². The number of nitrogens with one attached hydrogen (secondary N) is 1. The Kier molecular flexibility index (Phi) is 5.30. The molecule has 0 saturated heterocycles. The smallest absolute Gasteiger partial charge is 0.0146 e. The van der Waals surface area contributed by atoms with Crippen molar-refractivity contribution < 1.29 is 0 Å². The summed E-state index contributed by atoms with van der Waals surface area (Å²) in [6, 6.07) is 0.724. The summed E-state index contributed by atoms with van der Waals surface area (Å²) in [5.41, 5.74) is 0.596. The number of hydrogen-bond acceptors (Lipinski definition) is 1. The van der Waals surface area contributed by atoms with E-state index < -0.39 is 0 Å². The minimum Gasteiger partial charge on any atom is -0.313 e. The minimum absolute atomic E-state index is 0.596. The highest BCUT2D eigenvalue weighted by atomic mass is 14.9. The Labute approximate surface area is 102 Å². The quantitative estimate of drug-likeness (QED) is 0.713. The highest BCUT2D eigenvalue weighted by molar-refractivity contribution is 4.96. The predicted octanol–water partition coefficient (Wildman–Crippen LogP) is 4.23. The highest BCUT2D eigenvalue weighted by Gasteiger charge is 2.42. The van der Waals surface area contributed by atoms with Gasteiger partial charge in [0.25, 0.3) is 0 Å². The summed E-state index contributed by atoms with van der Waals surface area (Å²) >= 11 is 0. The lowest BCUT2D eigenvalue weighted by Crippen LogP contribution is -2.48. The average Bonchev–Trinajstić information content (AvgIpc) is 2.61. The predicted molar refractivity (Wildman–Crippen MR) is 72.7 cm³/mol. The van der Waals surface area contributed by atoms with Crippen molar-refractivity contribution in [2.24, 2.45) is 17.3 Å². The molecule has 0 aromatic carbocycles. The lowest BCUT2D eigenvalue weighted by atomic mass is 9.69. The normalized spacial score (nSPS) is 21.9. The Hall–Kier alpha value is -0.0400. The largest absolute Gasteiger partial charge is 0.313 e. The first kappa shape index (κ1) is 14.0. The zero-order chi connectivity index (χ0) is 12.2. The molecule has 1 aliphatic carbocycles.